The molecule has 34 heavy (non-hydrogen) atoms. The van der Waals surface area contributed by atoms with Crippen LogP contribution in [-0.2, 0) is 11.3 Å². The van der Waals surface area contributed by atoms with Crippen molar-refractivity contribution in [3.05, 3.63) is 76.4 Å². The number of carbonyl (C=O) groups excluding carboxylic acids is 1. The molecule has 4 rings (SSSR count). The Kier molecular flexibility index (Phi) is 7.68. The summed E-state index contributed by atoms with van der Waals surface area (Å²) in [6.07, 6.45) is 1.71. The van der Waals surface area contributed by atoms with E-state index in [2.05, 4.69) is 10.4 Å². The highest BCUT2D eigenvalue weighted by molar-refractivity contribution is 5.95. The van der Waals surface area contributed by atoms with E-state index in [1.54, 1.807) is 37.3 Å². The van der Waals surface area contributed by atoms with Crippen molar-refractivity contribution in [2.45, 2.75) is 39.7 Å². The summed E-state index contributed by atoms with van der Waals surface area (Å²) in [5.41, 5.74) is 9.07. The molecule has 1 saturated heterocycles. The van der Waals surface area contributed by atoms with Crippen LogP contribution in [-0.4, -0.2) is 40.0 Å². The van der Waals surface area contributed by atoms with E-state index < -0.39 is 11.8 Å². The molecule has 1 amide bonds. The number of benzene rings is 2. The summed E-state index contributed by atoms with van der Waals surface area (Å²) >= 11 is 0. The van der Waals surface area contributed by atoms with Gasteiger partial charge in [-0.1, -0.05) is 25.6 Å². The smallest absolute Gasteiger partial charge is 0.356 e. The number of carboxylic acids is 1. The van der Waals surface area contributed by atoms with Crippen LogP contribution in [0.5, 0.6) is 0 Å². The molecule has 1 fully saturated rings. The second-order valence-electron chi connectivity index (χ2n) is 8.09. The highest BCUT2D eigenvalue weighted by atomic mass is 19.1. The maximum absolute atomic E-state index is 13.5. The predicted molar refractivity (Wildman–Crippen MR) is 127 cm³/mol. The van der Waals surface area contributed by atoms with Crippen molar-refractivity contribution in [1.29, 1.82) is 0 Å². The van der Waals surface area contributed by atoms with Crippen LogP contribution >= 0.6 is 0 Å². The summed E-state index contributed by atoms with van der Waals surface area (Å²) in [6.45, 7) is 3.11. The lowest BCUT2D eigenvalue weighted by Crippen LogP contribution is -2.23. The van der Waals surface area contributed by atoms with Crippen molar-refractivity contribution in [1.82, 2.24) is 15.1 Å². The molecule has 180 valence electrons. The van der Waals surface area contributed by atoms with E-state index in [4.69, 9.17) is 10.5 Å². The largest absolute Gasteiger partial charge is 0.476 e. The Hall–Kier alpha value is -3.72. The molecule has 0 aliphatic carbocycles. The van der Waals surface area contributed by atoms with Crippen LogP contribution in [0.4, 0.5) is 10.1 Å². The molecule has 0 radical (unpaired) electrons. The number of anilines is 1. The van der Waals surface area contributed by atoms with Gasteiger partial charge in [0.1, 0.15) is 5.82 Å². The van der Waals surface area contributed by atoms with Crippen molar-refractivity contribution in [2.24, 2.45) is 0 Å². The van der Waals surface area contributed by atoms with E-state index >= 15 is 0 Å². The molecule has 4 N–H and O–H groups in total. The number of carboxylic acid groups (broad SMARTS) is 1. The number of rotatable bonds is 6. The maximum Gasteiger partial charge on any atom is 0.356 e. The summed E-state index contributed by atoms with van der Waals surface area (Å²) in [5.74, 6) is -2.05. The number of hydrogen-bond donors (Lipinski definition) is 3. The molecule has 2 aromatic carbocycles. The monoisotopic (exact) mass is 468 g/mol. The zero-order chi connectivity index (χ0) is 23.5. The topological polar surface area (TPSA) is 119 Å². The average molecular weight is 469 g/mol. The van der Waals surface area contributed by atoms with Gasteiger partial charge in [-0.25, -0.2) is 13.9 Å². The molecular weight excluding hydrogens is 439 g/mol. The van der Waals surface area contributed by atoms with Crippen LogP contribution in [0.2, 0.25) is 0 Å². The Labute approximate surface area is 197 Å². The SMILES string of the molecule is C.Cc1ccc(F)cc1C(=O)NCc1ccc(-n2nc(C3CCCOC3)c(N)c2C(=O)O)cc1. The first kappa shape index (κ1) is 24.9. The molecule has 2 heterocycles. The number of nitrogens with two attached hydrogens (primary N) is 1. The fourth-order valence-electron chi connectivity index (χ4n) is 3.97. The molecule has 1 unspecified atom stereocenters. The number of nitrogens with one attached hydrogen (secondary N) is 1. The van der Waals surface area contributed by atoms with Gasteiger partial charge in [-0.15, -0.1) is 0 Å². The molecule has 0 spiro atoms. The van der Waals surface area contributed by atoms with Gasteiger partial charge in [-0.05, 0) is 55.2 Å². The predicted octanol–water partition coefficient (Wildman–Crippen LogP) is 4.06. The summed E-state index contributed by atoms with van der Waals surface area (Å²) in [4.78, 5) is 24.3. The van der Waals surface area contributed by atoms with Crippen LogP contribution in [0.15, 0.2) is 42.5 Å². The minimum atomic E-state index is -1.16. The maximum atomic E-state index is 13.5. The summed E-state index contributed by atoms with van der Waals surface area (Å²) in [5, 5.41) is 17.0. The van der Waals surface area contributed by atoms with Gasteiger partial charge in [0, 0.05) is 24.6 Å². The number of carbonyl (C=O) groups is 2. The molecule has 0 saturated carbocycles. The number of halogens is 1. The molecular formula is C25H29FN4O4. The second kappa shape index (κ2) is 10.5. The van der Waals surface area contributed by atoms with Crippen LogP contribution in [0, 0.1) is 12.7 Å². The van der Waals surface area contributed by atoms with Gasteiger partial charge < -0.3 is 20.9 Å². The van der Waals surface area contributed by atoms with E-state index in [1.165, 1.54) is 16.8 Å². The van der Waals surface area contributed by atoms with E-state index in [-0.39, 0.29) is 42.7 Å². The van der Waals surface area contributed by atoms with E-state index in [0.29, 0.717) is 30.2 Å². The number of nitrogen functional groups attached to an aromatic ring is 1. The molecule has 3 aromatic rings. The Bertz CT molecular complexity index is 1180. The second-order valence-corrected chi connectivity index (χ2v) is 8.09. The first-order chi connectivity index (χ1) is 15.8. The first-order valence-corrected chi connectivity index (χ1v) is 10.7. The van der Waals surface area contributed by atoms with Crippen LogP contribution < -0.4 is 11.1 Å². The third kappa shape index (κ3) is 5.09. The molecule has 1 atom stereocenters. The highest BCUT2D eigenvalue weighted by Gasteiger charge is 2.28. The van der Waals surface area contributed by atoms with E-state index in [9.17, 15) is 19.1 Å². The van der Waals surface area contributed by atoms with Gasteiger partial charge in [0.25, 0.3) is 5.91 Å². The lowest BCUT2D eigenvalue weighted by molar-refractivity contribution is 0.0687. The van der Waals surface area contributed by atoms with Crippen molar-refractivity contribution >= 4 is 17.6 Å². The van der Waals surface area contributed by atoms with Crippen LogP contribution in [0.25, 0.3) is 5.69 Å². The summed E-state index contributed by atoms with van der Waals surface area (Å²) < 4.78 is 20.3. The van der Waals surface area contributed by atoms with Crippen molar-refractivity contribution in [2.75, 3.05) is 18.9 Å². The van der Waals surface area contributed by atoms with E-state index in [0.717, 1.165) is 18.4 Å². The minimum Gasteiger partial charge on any atom is -0.476 e. The molecule has 9 heteroatoms. The molecule has 0 bridgehead atoms. The van der Waals surface area contributed by atoms with Gasteiger partial charge in [0.05, 0.1) is 23.7 Å². The zero-order valence-electron chi connectivity index (χ0n) is 18.2. The van der Waals surface area contributed by atoms with Gasteiger partial charge >= 0.3 is 5.97 Å². The van der Waals surface area contributed by atoms with Gasteiger partial charge in [-0.3, -0.25) is 4.79 Å². The quantitative estimate of drug-likeness (QED) is 0.502. The average Bonchev–Trinajstić information content (AvgIpc) is 3.17. The molecule has 1 aromatic heterocycles. The lowest BCUT2D eigenvalue weighted by atomic mass is 9.97. The minimum absolute atomic E-state index is 0. The summed E-state index contributed by atoms with van der Waals surface area (Å²) in [7, 11) is 0. The number of amides is 1. The third-order valence-electron chi connectivity index (χ3n) is 5.78. The van der Waals surface area contributed by atoms with Crippen molar-refractivity contribution in [3.63, 3.8) is 0 Å². The zero-order valence-corrected chi connectivity index (χ0v) is 18.2. The fourth-order valence-corrected chi connectivity index (χ4v) is 3.97. The van der Waals surface area contributed by atoms with Crippen molar-refractivity contribution < 1.29 is 23.8 Å². The first-order valence-electron chi connectivity index (χ1n) is 10.7. The number of aromatic carboxylic acids is 1. The Morgan fingerprint density at radius 2 is 2.00 bits per heavy atom. The Morgan fingerprint density at radius 3 is 2.65 bits per heavy atom. The number of aromatic nitrogens is 2. The normalized spacial score (nSPS) is 15.4. The molecule has 1 aliphatic heterocycles. The number of hydrogen-bond acceptors (Lipinski definition) is 5. The van der Waals surface area contributed by atoms with Crippen LogP contribution in [0.3, 0.4) is 0 Å². The molecule has 1 aliphatic rings. The number of aryl methyl sites for hydroxylation is 1. The Morgan fingerprint density at radius 1 is 1.26 bits per heavy atom. The van der Waals surface area contributed by atoms with Gasteiger partial charge in [0.2, 0.25) is 0 Å². The fraction of sp³-hybridized carbons (Fsp3) is 0.320. The highest BCUT2D eigenvalue weighted by Crippen LogP contribution is 2.32. The van der Waals surface area contributed by atoms with Crippen molar-refractivity contribution in [3.8, 4) is 5.69 Å². The van der Waals surface area contributed by atoms with Gasteiger partial charge in [-0.2, -0.15) is 5.10 Å². The lowest BCUT2D eigenvalue weighted by Gasteiger charge is -2.20. The third-order valence-corrected chi connectivity index (χ3v) is 5.78. The standard InChI is InChI=1S/C24H25FN4O4.CH4/c1-14-4-7-17(25)11-19(14)23(30)27-12-15-5-8-18(9-6-15)29-22(24(31)32)20(26)21(28-29)16-3-2-10-33-13-16;/h4-9,11,16H,2-3,10,12-13,26H2,1H3,(H,27,30)(H,31,32);1H4. The molecule has 8 nitrogen and oxygen atoms in total. The van der Waals surface area contributed by atoms with Crippen LogP contribution in [0.1, 0.15) is 63.9 Å². The number of nitrogens with zero attached hydrogens (tertiary/aromatic N) is 2. The van der Waals surface area contributed by atoms with Gasteiger partial charge in [0.15, 0.2) is 5.69 Å². The summed E-state index contributed by atoms with van der Waals surface area (Å²) in [6, 6.07) is 11.0. The Balaban J connectivity index is 0.00000324. The van der Waals surface area contributed by atoms with E-state index in [1.807, 2.05) is 0 Å². The number of ether oxygens (including phenoxy) is 1.